The van der Waals surface area contributed by atoms with Crippen molar-refractivity contribution < 1.29 is 9.18 Å². The summed E-state index contributed by atoms with van der Waals surface area (Å²) in [7, 11) is 0. The third-order valence-corrected chi connectivity index (χ3v) is 7.97. The number of halogens is 2. The quantitative estimate of drug-likeness (QED) is 0.299. The lowest BCUT2D eigenvalue weighted by Gasteiger charge is -2.32. The number of amides is 1. The van der Waals surface area contributed by atoms with Crippen LogP contribution in [0.2, 0.25) is 4.34 Å². The third-order valence-electron chi connectivity index (χ3n) is 6.74. The Bertz CT molecular complexity index is 1690. The van der Waals surface area contributed by atoms with Gasteiger partial charge in [0.25, 0.3) is 5.91 Å². The number of aromatic nitrogens is 6. The van der Waals surface area contributed by atoms with E-state index in [4.69, 9.17) is 16.6 Å². The summed E-state index contributed by atoms with van der Waals surface area (Å²) < 4.78 is 18.0. The molecule has 1 amide bonds. The molecule has 38 heavy (non-hydrogen) atoms. The van der Waals surface area contributed by atoms with Gasteiger partial charge in [0.2, 0.25) is 0 Å². The van der Waals surface area contributed by atoms with E-state index in [1.165, 1.54) is 23.7 Å². The molecule has 1 aliphatic rings. The van der Waals surface area contributed by atoms with E-state index in [2.05, 4.69) is 25.5 Å². The van der Waals surface area contributed by atoms with Crippen molar-refractivity contribution in [2.75, 3.05) is 0 Å². The number of imidazole rings is 1. The van der Waals surface area contributed by atoms with Gasteiger partial charge in [-0.2, -0.15) is 10.4 Å². The first kappa shape index (κ1) is 24.2. The number of nitrogens with zero attached hydrogens (tertiary/aromatic N) is 6. The predicted octanol–water partition coefficient (Wildman–Crippen LogP) is 5.52. The maximum atomic E-state index is 15.4. The van der Waals surface area contributed by atoms with Crippen molar-refractivity contribution in [1.82, 2.24) is 35.0 Å². The van der Waals surface area contributed by atoms with Crippen LogP contribution < -0.4 is 5.32 Å². The van der Waals surface area contributed by atoms with Crippen LogP contribution in [0.25, 0.3) is 33.9 Å². The number of carbonyl (C=O) groups excluding carboxylic acids is 1. The van der Waals surface area contributed by atoms with Crippen LogP contribution in [0, 0.1) is 17.1 Å². The van der Waals surface area contributed by atoms with Gasteiger partial charge in [0.05, 0.1) is 32.1 Å². The number of aromatic amines is 1. The van der Waals surface area contributed by atoms with Gasteiger partial charge >= 0.3 is 0 Å². The molecule has 2 N–H and O–H groups in total. The number of hydrogen-bond donors (Lipinski definition) is 2. The van der Waals surface area contributed by atoms with Gasteiger partial charge in [-0.3, -0.25) is 14.9 Å². The van der Waals surface area contributed by atoms with E-state index in [1.54, 1.807) is 30.5 Å². The van der Waals surface area contributed by atoms with Gasteiger partial charge in [-0.15, -0.1) is 11.3 Å². The molecule has 0 spiro atoms. The summed E-state index contributed by atoms with van der Waals surface area (Å²) in [6.45, 7) is 0. The zero-order valence-corrected chi connectivity index (χ0v) is 21.4. The van der Waals surface area contributed by atoms with Gasteiger partial charge in [0.1, 0.15) is 29.4 Å². The zero-order chi connectivity index (χ0) is 26.2. The number of fused-ring (bicyclic) bond motifs is 1. The summed E-state index contributed by atoms with van der Waals surface area (Å²) in [5.74, 6) is 0.133. The summed E-state index contributed by atoms with van der Waals surface area (Å²) in [5.41, 5.74) is 2.10. The number of hydrogen-bond acceptors (Lipinski definition) is 7. The van der Waals surface area contributed by atoms with Crippen molar-refractivity contribution >= 4 is 39.9 Å². The smallest absolute Gasteiger partial charge is 0.261 e. The fourth-order valence-electron chi connectivity index (χ4n) is 5.03. The molecule has 6 rings (SSSR count). The van der Waals surface area contributed by atoms with Gasteiger partial charge in [-0.25, -0.2) is 14.4 Å². The number of benzene rings is 1. The highest BCUT2D eigenvalue weighted by molar-refractivity contribution is 7.18. The molecular weight excluding hydrogens is 527 g/mol. The Morgan fingerprint density at radius 1 is 1.26 bits per heavy atom. The van der Waals surface area contributed by atoms with Crippen LogP contribution in [0.4, 0.5) is 4.39 Å². The highest BCUT2D eigenvalue weighted by atomic mass is 35.5. The molecule has 0 unspecified atom stereocenters. The predicted molar refractivity (Wildman–Crippen MR) is 141 cm³/mol. The summed E-state index contributed by atoms with van der Waals surface area (Å²) in [4.78, 5) is 26.8. The molecular formula is C26H20ClFN8OS. The van der Waals surface area contributed by atoms with Crippen LogP contribution in [-0.2, 0) is 0 Å². The van der Waals surface area contributed by atoms with Crippen molar-refractivity contribution in [3.8, 4) is 29.0 Å². The van der Waals surface area contributed by atoms with Crippen LogP contribution >= 0.6 is 22.9 Å². The Morgan fingerprint density at radius 3 is 2.92 bits per heavy atom. The third kappa shape index (κ3) is 4.42. The number of pyridine rings is 1. The highest BCUT2D eigenvalue weighted by Gasteiger charge is 2.30. The van der Waals surface area contributed by atoms with Crippen LogP contribution in [-0.4, -0.2) is 41.7 Å². The van der Waals surface area contributed by atoms with Crippen LogP contribution in [0.15, 0.2) is 48.9 Å². The second kappa shape index (κ2) is 9.96. The average Bonchev–Trinajstić information content (AvgIpc) is 3.68. The van der Waals surface area contributed by atoms with E-state index >= 15 is 4.39 Å². The molecule has 0 aliphatic heterocycles. The maximum Gasteiger partial charge on any atom is 0.261 e. The highest BCUT2D eigenvalue weighted by Crippen LogP contribution is 2.38. The van der Waals surface area contributed by atoms with E-state index in [1.807, 2.05) is 16.7 Å². The molecule has 4 heterocycles. The van der Waals surface area contributed by atoms with Gasteiger partial charge in [-0.1, -0.05) is 17.7 Å². The number of nitrogens with one attached hydrogen (secondary N) is 2. The van der Waals surface area contributed by atoms with Gasteiger partial charge in [0, 0.05) is 12.1 Å². The first-order valence-electron chi connectivity index (χ1n) is 12.0. The van der Waals surface area contributed by atoms with E-state index < -0.39 is 5.82 Å². The largest absolute Gasteiger partial charge is 0.349 e. The van der Waals surface area contributed by atoms with Gasteiger partial charge in [-0.05, 0) is 56.0 Å². The van der Waals surface area contributed by atoms with Crippen molar-refractivity contribution in [2.24, 2.45) is 0 Å². The first-order valence-corrected chi connectivity index (χ1v) is 13.2. The number of H-pyrrole nitrogens is 1. The Morgan fingerprint density at radius 2 is 2.16 bits per heavy atom. The molecule has 0 saturated heterocycles. The van der Waals surface area contributed by atoms with E-state index in [0.29, 0.717) is 38.5 Å². The van der Waals surface area contributed by atoms with E-state index in [0.717, 1.165) is 24.8 Å². The second-order valence-corrected chi connectivity index (χ2v) is 10.8. The topological polar surface area (TPSA) is 125 Å². The lowest BCUT2D eigenvalue weighted by Crippen LogP contribution is -2.38. The Kier molecular flexibility index (Phi) is 6.35. The zero-order valence-electron chi connectivity index (χ0n) is 19.9. The first-order chi connectivity index (χ1) is 18.5. The molecule has 1 aromatic carbocycles. The Labute approximate surface area is 225 Å². The average molecular weight is 547 g/mol. The molecule has 190 valence electrons. The van der Waals surface area contributed by atoms with E-state index in [-0.39, 0.29) is 29.1 Å². The molecule has 0 bridgehead atoms. The van der Waals surface area contributed by atoms with Crippen molar-refractivity contribution in [3.63, 3.8) is 0 Å². The van der Waals surface area contributed by atoms with Crippen LogP contribution in [0.3, 0.4) is 0 Å². The second-order valence-electron chi connectivity index (χ2n) is 9.07. The van der Waals surface area contributed by atoms with Crippen molar-refractivity contribution in [2.45, 2.75) is 37.8 Å². The minimum Gasteiger partial charge on any atom is -0.349 e. The fourth-order valence-corrected chi connectivity index (χ4v) is 5.98. The van der Waals surface area contributed by atoms with Gasteiger partial charge < -0.3 is 9.88 Å². The SMILES string of the molecule is N#Cc1cccc(-c2nc3cnc(-c4ncn[nH]4)cc3n2[C@@H]2CCC[C@H](NC(=O)c3ccc(Cl)s3)C2)c1F. The number of rotatable bonds is 5. The molecule has 1 fully saturated rings. The number of thiophene rings is 1. The Balaban J connectivity index is 1.43. The normalized spacial score (nSPS) is 17.4. The van der Waals surface area contributed by atoms with Crippen molar-refractivity contribution in [1.29, 1.82) is 5.26 Å². The number of nitriles is 1. The lowest BCUT2D eigenvalue weighted by atomic mass is 9.90. The molecule has 5 aromatic rings. The molecule has 4 aromatic heterocycles. The Hall–Kier alpha value is -4.14. The van der Waals surface area contributed by atoms with E-state index in [9.17, 15) is 10.1 Å². The summed E-state index contributed by atoms with van der Waals surface area (Å²) in [6.07, 6.45) is 6.16. The summed E-state index contributed by atoms with van der Waals surface area (Å²) in [6, 6.07) is 11.7. The molecule has 2 atom stereocenters. The monoisotopic (exact) mass is 546 g/mol. The van der Waals surface area contributed by atoms with Gasteiger partial charge in [0.15, 0.2) is 11.6 Å². The minimum atomic E-state index is -0.620. The van der Waals surface area contributed by atoms with Crippen LogP contribution in [0.5, 0.6) is 0 Å². The van der Waals surface area contributed by atoms with Crippen LogP contribution in [0.1, 0.15) is 47.0 Å². The number of carbonyl (C=O) groups is 1. The molecule has 9 nitrogen and oxygen atoms in total. The fraction of sp³-hybridized carbons (Fsp3) is 0.231. The molecule has 1 aliphatic carbocycles. The molecule has 0 radical (unpaired) electrons. The molecule has 12 heteroatoms. The standard InChI is InChI=1S/C26H20ClFN8OS/c27-22-8-7-21(38-22)26(37)33-15-4-2-5-16(9-15)36-20-10-18(24-31-13-32-35-24)30-12-19(20)34-25(36)17-6-1-3-14(11-29)23(17)28/h1,3,6-8,10,12-13,15-16H,2,4-5,9H2,(H,33,37)(H,31,32,35)/t15-,16+/m0/s1. The maximum absolute atomic E-state index is 15.4. The lowest BCUT2D eigenvalue weighted by molar-refractivity contribution is 0.0925. The summed E-state index contributed by atoms with van der Waals surface area (Å²) in [5, 5.41) is 19.3. The molecule has 1 saturated carbocycles. The minimum absolute atomic E-state index is 0.0510. The summed E-state index contributed by atoms with van der Waals surface area (Å²) >= 11 is 7.25. The van der Waals surface area contributed by atoms with Crippen molar-refractivity contribution in [3.05, 3.63) is 69.5 Å².